The van der Waals surface area contributed by atoms with Crippen molar-refractivity contribution in [2.75, 3.05) is 0 Å². The topological polar surface area (TPSA) is 27.1 Å². The number of aromatic nitrogens is 2. The second kappa shape index (κ2) is 4.22. The Morgan fingerprint density at radius 1 is 1.47 bits per heavy atom. The average molecular weight is 222 g/mol. The van der Waals surface area contributed by atoms with Gasteiger partial charge in [-0.25, -0.2) is 0 Å². The Morgan fingerprint density at radius 3 is 2.47 bits per heavy atom. The summed E-state index contributed by atoms with van der Waals surface area (Å²) in [5.41, 5.74) is -0.469. The van der Waals surface area contributed by atoms with Crippen LogP contribution in [0, 0.1) is 0 Å². The van der Waals surface area contributed by atoms with Gasteiger partial charge in [-0.05, 0) is 19.9 Å². The van der Waals surface area contributed by atoms with Crippen LogP contribution in [0.1, 0.15) is 25.2 Å². The van der Waals surface area contributed by atoms with Crippen molar-refractivity contribution in [1.29, 1.82) is 0 Å². The van der Waals surface area contributed by atoms with Gasteiger partial charge >= 0.3 is 6.18 Å². The fraction of sp³-hybridized carbons (Fsp3) is 0.667. The zero-order chi connectivity index (χ0) is 11.6. The Bertz CT molecular complexity index is 331. The van der Waals surface area contributed by atoms with Crippen LogP contribution >= 0.6 is 0 Å². The number of ether oxygens (including phenoxy) is 1. The van der Waals surface area contributed by atoms with Crippen LogP contribution in [-0.2, 0) is 24.6 Å². The van der Waals surface area contributed by atoms with Crippen LogP contribution in [0.5, 0.6) is 0 Å². The van der Waals surface area contributed by atoms with Crippen molar-refractivity contribution in [2.24, 2.45) is 7.05 Å². The molecule has 0 saturated carbocycles. The van der Waals surface area contributed by atoms with E-state index in [-0.39, 0.29) is 12.7 Å². The highest BCUT2D eigenvalue weighted by Gasteiger charge is 2.34. The molecule has 0 radical (unpaired) electrons. The van der Waals surface area contributed by atoms with Gasteiger partial charge in [0.25, 0.3) is 0 Å². The van der Waals surface area contributed by atoms with E-state index >= 15 is 0 Å². The van der Waals surface area contributed by atoms with Gasteiger partial charge < -0.3 is 4.74 Å². The zero-order valence-electron chi connectivity index (χ0n) is 8.80. The molecular formula is C9H13F3N2O. The van der Waals surface area contributed by atoms with Crippen LogP contribution < -0.4 is 0 Å². The van der Waals surface area contributed by atoms with Gasteiger partial charge in [-0.2, -0.15) is 18.3 Å². The molecule has 6 heteroatoms. The lowest BCUT2D eigenvalue weighted by Crippen LogP contribution is -2.11. The third-order valence-electron chi connectivity index (χ3n) is 1.79. The summed E-state index contributed by atoms with van der Waals surface area (Å²) in [6.07, 6.45) is -4.39. The van der Waals surface area contributed by atoms with Gasteiger partial charge in [0.2, 0.25) is 0 Å². The summed E-state index contributed by atoms with van der Waals surface area (Å²) >= 11 is 0. The van der Waals surface area contributed by atoms with Gasteiger partial charge in [-0.3, -0.25) is 4.68 Å². The van der Waals surface area contributed by atoms with E-state index in [0.29, 0.717) is 5.69 Å². The maximum atomic E-state index is 12.4. The Morgan fingerprint density at radius 2 is 2.07 bits per heavy atom. The van der Waals surface area contributed by atoms with Crippen molar-refractivity contribution in [3.63, 3.8) is 0 Å². The normalized spacial score (nSPS) is 12.5. The summed E-state index contributed by atoms with van der Waals surface area (Å²) in [6.45, 7) is 3.73. The number of alkyl halides is 3. The Hall–Kier alpha value is -1.04. The first kappa shape index (κ1) is 12.0. The van der Waals surface area contributed by atoms with Crippen LogP contribution in [0.2, 0.25) is 0 Å². The molecular weight excluding hydrogens is 209 g/mol. The molecule has 0 aliphatic carbocycles. The Balaban J connectivity index is 2.78. The summed E-state index contributed by atoms with van der Waals surface area (Å²) < 4.78 is 43.1. The lowest BCUT2D eigenvalue weighted by Gasteiger charge is -2.04. The van der Waals surface area contributed by atoms with Crippen molar-refractivity contribution in [2.45, 2.75) is 32.7 Å². The third kappa shape index (κ3) is 3.23. The van der Waals surface area contributed by atoms with Gasteiger partial charge in [-0.15, -0.1) is 0 Å². The van der Waals surface area contributed by atoms with Crippen molar-refractivity contribution in [1.82, 2.24) is 9.78 Å². The van der Waals surface area contributed by atoms with Crippen LogP contribution in [0.25, 0.3) is 0 Å². The van der Waals surface area contributed by atoms with E-state index in [1.165, 1.54) is 7.05 Å². The quantitative estimate of drug-likeness (QED) is 0.785. The first-order chi connectivity index (χ1) is 6.80. The van der Waals surface area contributed by atoms with Crippen molar-refractivity contribution >= 4 is 0 Å². The van der Waals surface area contributed by atoms with Gasteiger partial charge in [0.1, 0.15) is 5.69 Å². The molecule has 1 aromatic heterocycles. The fourth-order valence-electron chi connectivity index (χ4n) is 1.11. The molecule has 0 atom stereocenters. The van der Waals surface area contributed by atoms with Gasteiger partial charge in [0, 0.05) is 7.05 Å². The molecule has 1 aromatic rings. The first-order valence-corrected chi connectivity index (χ1v) is 4.52. The second-order valence-electron chi connectivity index (χ2n) is 3.50. The molecule has 0 saturated heterocycles. The largest absolute Gasteiger partial charge is 0.433 e. The zero-order valence-corrected chi connectivity index (χ0v) is 8.80. The predicted molar refractivity (Wildman–Crippen MR) is 48.1 cm³/mol. The minimum absolute atomic E-state index is 0.0265. The van der Waals surface area contributed by atoms with E-state index in [2.05, 4.69) is 5.10 Å². The molecule has 0 spiro atoms. The highest BCUT2D eigenvalue weighted by molar-refractivity contribution is 5.12. The van der Waals surface area contributed by atoms with E-state index in [1.807, 2.05) is 13.8 Å². The second-order valence-corrected chi connectivity index (χ2v) is 3.50. The summed E-state index contributed by atoms with van der Waals surface area (Å²) in [7, 11) is 1.27. The van der Waals surface area contributed by atoms with Gasteiger partial charge in [0.15, 0.2) is 0 Å². The molecule has 86 valence electrons. The highest BCUT2D eigenvalue weighted by Crippen LogP contribution is 2.29. The van der Waals surface area contributed by atoms with Crippen molar-refractivity contribution < 1.29 is 17.9 Å². The SMILES string of the molecule is CC(C)OCc1cc(C(F)(F)F)n(C)n1. The van der Waals surface area contributed by atoms with Crippen molar-refractivity contribution in [3.8, 4) is 0 Å². The van der Waals surface area contributed by atoms with E-state index < -0.39 is 11.9 Å². The molecule has 1 rings (SSSR count). The average Bonchev–Trinajstić information content (AvgIpc) is 2.42. The van der Waals surface area contributed by atoms with Gasteiger partial charge in [-0.1, -0.05) is 0 Å². The third-order valence-corrected chi connectivity index (χ3v) is 1.79. The van der Waals surface area contributed by atoms with E-state index in [9.17, 15) is 13.2 Å². The van der Waals surface area contributed by atoms with E-state index in [0.717, 1.165) is 10.7 Å². The smallest absolute Gasteiger partial charge is 0.372 e. The molecule has 0 N–H and O–H groups in total. The summed E-state index contributed by atoms with van der Waals surface area (Å²) in [5.74, 6) is 0. The lowest BCUT2D eigenvalue weighted by molar-refractivity contribution is -0.143. The lowest BCUT2D eigenvalue weighted by atomic mass is 10.3. The molecule has 0 bridgehead atoms. The summed E-state index contributed by atoms with van der Waals surface area (Å²) in [4.78, 5) is 0. The molecule has 0 amide bonds. The highest BCUT2D eigenvalue weighted by atomic mass is 19.4. The maximum absolute atomic E-state index is 12.4. The maximum Gasteiger partial charge on any atom is 0.433 e. The van der Waals surface area contributed by atoms with Gasteiger partial charge in [0.05, 0.1) is 18.4 Å². The number of halogens is 3. The molecule has 0 unspecified atom stereocenters. The Kier molecular flexibility index (Phi) is 3.38. The summed E-state index contributed by atoms with van der Waals surface area (Å²) in [5, 5.41) is 3.72. The van der Waals surface area contributed by atoms with Crippen LogP contribution in [0.15, 0.2) is 6.07 Å². The molecule has 1 heterocycles. The predicted octanol–water partition coefficient (Wildman–Crippen LogP) is 2.36. The molecule has 3 nitrogen and oxygen atoms in total. The minimum Gasteiger partial charge on any atom is -0.372 e. The monoisotopic (exact) mass is 222 g/mol. The van der Waals surface area contributed by atoms with E-state index in [1.54, 1.807) is 0 Å². The summed E-state index contributed by atoms with van der Waals surface area (Å²) in [6, 6.07) is 1.00. The number of rotatable bonds is 3. The molecule has 0 fully saturated rings. The van der Waals surface area contributed by atoms with Crippen LogP contribution in [-0.4, -0.2) is 15.9 Å². The van der Waals surface area contributed by atoms with Crippen LogP contribution in [0.3, 0.4) is 0 Å². The van der Waals surface area contributed by atoms with Crippen molar-refractivity contribution in [3.05, 3.63) is 17.5 Å². The van der Waals surface area contributed by atoms with E-state index in [4.69, 9.17) is 4.74 Å². The number of nitrogens with zero attached hydrogens (tertiary/aromatic N) is 2. The Labute approximate surface area is 85.8 Å². The number of hydrogen-bond acceptors (Lipinski definition) is 2. The molecule has 0 aromatic carbocycles. The number of hydrogen-bond donors (Lipinski definition) is 0. The van der Waals surface area contributed by atoms with Crippen LogP contribution in [0.4, 0.5) is 13.2 Å². The molecule has 0 aliphatic rings. The standard InChI is InChI=1S/C9H13F3N2O/c1-6(2)15-5-7-4-8(9(10,11)12)14(3)13-7/h4,6H,5H2,1-3H3. The first-order valence-electron chi connectivity index (χ1n) is 4.52. The molecule has 0 aliphatic heterocycles. The number of aryl methyl sites for hydroxylation is 1. The fourth-order valence-corrected chi connectivity index (χ4v) is 1.11. The molecule has 15 heavy (non-hydrogen) atoms. The minimum atomic E-state index is -4.36.